The Morgan fingerprint density at radius 1 is 0.923 bits per heavy atom. The van der Waals surface area contributed by atoms with Gasteiger partial charge in [0.1, 0.15) is 0 Å². The summed E-state index contributed by atoms with van der Waals surface area (Å²) in [6.45, 7) is 5.68. The van der Waals surface area contributed by atoms with Crippen LogP contribution in [0.2, 0.25) is 0 Å². The van der Waals surface area contributed by atoms with Crippen LogP contribution in [0.3, 0.4) is 0 Å². The first kappa shape index (κ1) is 19.8. The molecule has 26 heavy (non-hydrogen) atoms. The van der Waals surface area contributed by atoms with Crippen molar-refractivity contribution >= 4 is 35.1 Å². The minimum Gasteiger partial charge on any atom is -0.336 e. The Morgan fingerprint density at radius 2 is 1.58 bits per heavy atom. The van der Waals surface area contributed by atoms with E-state index in [4.69, 9.17) is 0 Å². The van der Waals surface area contributed by atoms with E-state index >= 15 is 0 Å². The number of nitrogens with one attached hydrogen (secondary N) is 3. The van der Waals surface area contributed by atoms with Gasteiger partial charge in [0.15, 0.2) is 0 Å². The standard InChI is InChI=1S/C20H25N3O2S/c1-14(2)21-20(25)23-18-11-7-10-17(12-18)22-19(24)15(3)26-13-16-8-5-4-6-9-16/h4-12,14-15H,13H2,1-3H3,(H,22,24)(H2,21,23,25)/t15-/m1/s1. The van der Waals surface area contributed by atoms with E-state index in [0.29, 0.717) is 11.4 Å². The summed E-state index contributed by atoms with van der Waals surface area (Å²) in [4.78, 5) is 24.2. The van der Waals surface area contributed by atoms with Gasteiger partial charge in [-0.15, -0.1) is 11.8 Å². The van der Waals surface area contributed by atoms with Gasteiger partial charge in [0.05, 0.1) is 5.25 Å². The van der Waals surface area contributed by atoms with Gasteiger partial charge in [-0.05, 0) is 44.5 Å². The van der Waals surface area contributed by atoms with E-state index in [-0.39, 0.29) is 23.2 Å². The highest BCUT2D eigenvalue weighted by Crippen LogP contribution is 2.20. The maximum Gasteiger partial charge on any atom is 0.319 e. The molecule has 1 atom stereocenters. The predicted octanol–water partition coefficient (Wildman–Crippen LogP) is 4.48. The lowest BCUT2D eigenvalue weighted by Gasteiger charge is -2.14. The third-order valence-corrected chi connectivity index (χ3v) is 4.73. The first-order valence-corrected chi connectivity index (χ1v) is 9.63. The van der Waals surface area contributed by atoms with Crippen molar-refractivity contribution in [2.45, 2.75) is 37.8 Å². The van der Waals surface area contributed by atoms with Crippen LogP contribution in [0.15, 0.2) is 54.6 Å². The first-order chi connectivity index (χ1) is 12.4. The molecular formula is C20H25N3O2S. The van der Waals surface area contributed by atoms with Crippen LogP contribution in [0.1, 0.15) is 26.3 Å². The van der Waals surface area contributed by atoms with E-state index in [0.717, 1.165) is 5.75 Å². The Balaban J connectivity index is 1.87. The van der Waals surface area contributed by atoms with Gasteiger partial charge in [0, 0.05) is 23.2 Å². The van der Waals surface area contributed by atoms with Crippen LogP contribution in [0.25, 0.3) is 0 Å². The minimum absolute atomic E-state index is 0.0559. The molecule has 0 aliphatic rings. The predicted molar refractivity (Wildman–Crippen MR) is 110 cm³/mol. The van der Waals surface area contributed by atoms with Crippen LogP contribution < -0.4 is 16.0 Å². The van der Waals surface area contributed by atoms with E-state index in [1.807, 2.05) is 39.0 Å². The third-order valence-electron chi connectivity index (χ3n) is 3.52. The van der Waals surface area contributed by atoms with Crippen LogP contribution in [-0.2, 0) is 10.5 Å². The van der Waals surface area contributed by atoms with Crippen LogP contribution in [0, 0.1) is 0 Å². The summed E-state index contributed by atoms with van der Waals surface area (Å²) in [5, 5.41) is 8.23. The molecule has 3 amide bonds. The largest absolute Gasteiger partial charge is 0.336 e. The van der Waals surface area contributed by atoms with E-state index < -0.39 is 0 Å². The molecule has 0 fully saturated rings. The lowest BCUT2D eigenvalue weighted by molar-refractivity contribution is -0.115. The Labute approximate surface area is 159 Å². The second-order valence-corrected chi connectivity index (χ2v) is 7.59. The zero-order valence-corrected chi connectivity index (χ0v) is 16.1. The second kappa shape index (κ2) is 9.87. The summed E-state index contributed by atoms with van der Waals surface area (Å²) in [6, 6.07) is 17.0. The average Bonchev–Trinajstić information content (AvgIpc) is 2.60. The highest BCUT2D eigenvalue weighted by atomic mass is 32.2. The number of carbonyl (C=O) groups excluding carboxylic acids is 2. The molecular weight excluding hydrogens is 346 g/mol. The van der Waals surface area contributed by atoms with E-state index in [1.54, 1.807) is 36.0 Å². The fraction of sp³-hybridized carbons (Fsp3) is 0.300. The number of hydrogen-bond donors (Lipinski definition) is 3. The van der Waals surface area contributed by atoms with Gasteiger partial charge in [-0.1, -0.05) is 36.4 Å². The molecule has 6 heteroatoms. The van der Waals surface area contributed by atoms with Gasteiger partial charge in [-0.2, -0.15) is 0 Å². The normalized spacial score (nSPS) is 11.7. The highest BCUT2D eigenvalue weighted by Gasteiger charge is 2.14. The van der Waals surface area contributed by atoms with E-state index in [2.05, 4.69) is 28.1 Å². The summed E-state index contributed by atoms with van der Waals surface area (Å²) in [7, 11) is 0. The summed E-state index contributed by atoms with van der Waals surface area (Å²) in [5.74, 6) is 0.724. The molecule has 0 unspecified atom stereocenters. The smallest absolute Gasteiger partial charge is 0.319 e. The molecule has 0 aliphatic heterocycles. The van der Waals surface area contributed by atoms with Gasteiger partial charge in [0.25, 0.3) is 0 Å². The number of anilines is 2. The van der Waals surface area contributed by atoms with Crippen LogP contribution >= 0.6 is 11.8 Å². The van der Waals surface area contributed by atoms with Crippen molar-refractivity contribution in [1.82, 2.24) is 5.32 Å². The molecule has 0 saturated carbocycles. The molecule has 5 nitrogen and oxygen atoms in total. The van der Waals surface area contributed by atoms with Crippen molar-refractivity contribution < 1.29 is 9.59 Å². The zero-order chi connectivity index (χ0) is 18.9. The van der Waals surface area contributed by atoms with Gasteiger partial charge in [0.2, 0.25) is 5.91 Å². The summed E-state index contributed by atoms with van der Waals surface area (Å²) in [6.07, 6.45) is 0. The van der Waals surface area contributed by atoms with Crippen molar-refractivity contribution in [3.05, 3.63) is 60.2 Å². The van der Waals surface area contributed by atoms with Gasteiger partial charge in [-0.3, -0.25) is 4.79 Å². The van der Waals surface area contributed by atoms with Crippen molar-refractivity contribution in [1.29, 1.82) is 0 Å². The Morgan fingerprint density at radius 3 is 2.23 bits per heavy atom. The molecule has 0 radical (unpaired) electrons. The summed E-state index contributed by atoms with van der Waals surface area (Å²) in [5.41, 5.74) is 2.48. The Bertz CT molecular complexity index is 735. The van der Waals surface area contributed by atoms with Gasteiger partial charge < -0.3 is 16.0 Å². The van der Waals surface area contributed by atoms with E-state index in [9.17, 15) is 9.59 Å². The number of thioether (sulfide) groups is 1. The molecule has 0 bridgehead atoms. The van der Waals surface area contributed by atoms with Gasteiger partial charge in [-0.25, -0.2) is 4.79 Å². The maximum atomic E-state index is 12.4. The Kier molecular flexibility index (Phi) is 7.53. The fourth-order valence-corrected chi connectivity index (χ4v) is 3.06. The molecule has 138 valence electrons. The Hall–Kier alpha value is -2.47. The fourth-order valence-electron chi connectivity index (χ4n) is 2.22. The number of benzene rings is 2. The zero-order valence-electron chi connectivity index (χ0n) is 15.3. The van der Waals surface area contributed by atoms with Crippen LogP contribution in [0.4, 0.5) is 16.2 Å². The quantitative estimate of drug-likeness (QED) is 0.672. The molecule has 2 rings (SSSR count). The molecule has 0 heterocycles. The van der Waals surface area contributed by atoms with Crippen molar-refractivity contribution in [3.8, 4) is 0 Å². The number of hydrogen-bond acceptors (Lipinski definition) is 3. The molecule has 0 aromatic heterocycles. The molecule has 0 aliphatic carbocycles. The molecule has 3 N–H and O–H groups in total. The summed E-state index contributed by atoms with van der Waals surface area (Å²) < 4.78 is 0. The highest BCUT2D eigenvalue weighted by molar-refractivity contribution is 7.99. The molecule has 2 aromatic carbocycles. The maximum absolute atomic E-state index is 12.4. The van der Waals surface area contributed by atoms with Crippen LogP contribution in [0.5, 0.6) is 0 Å². The number of carbonyl (C=O) groups is 2. The van der Waals surface area contributed by atoms with Crippen molar-refractivity contribution in [2.24, 2.45) is 0 Å². The lowest BCUT2D eigenvalue weighted by atomic mass is 10.2. The van der Waals surface area contributed by atoms with E-state index in [1.165, 1.54) is 5.56 Å². The molecule has 2 aromatic rings. The third kappa shape index (κ3) is 6.80. The first-order valence-electron chi connectivity index (χ1n) is 8.58. The van der Waals surface area contributed by atoms with Crippen molar-refractivity contribution in [3.63, 3.8) is 0 Å². The van der Waals surface area contributed by atoms with Gasteiger partial charge >= 0.3 is 6.03 Å². The topological polar surface area (TPSA) is 70.2 Å². The number of amides is 3. The second-order valence-electron chi connectivity index (χ2n) is 6.26. The minimum atomic E-state index is -0.268. The lowest BCUT2D eigenvalue weighted by Crippen LogP contribution is -2.34. The number of urea groups is 1. The summed E-state index contributed by atoms with van der Waals surface area (Å²) >= 11 is 1.59. The molecule has 0 spiro atoms. The van der Waals surface area contributed by atoms with Crippen LogP contribution in [-0.4, -0.2) is 23.2 Å². The SMILES string of the molecule is CC(C)NC(=O)Nc1cccc(NC(=O)[C@@H](C)SCc2ccccc2)c1. The average molecular weight is 372 g/mol. The number of rotatable bonds is 7. The monoisotopic (exact) mass is 371 g/mol. The van der Waals surface area contributed by atoms with Crippen molar-refractivity contribution in [2.75, 3.05) is 10.6 Å². The molecule has 0 saturated heterocycles.